The first-order valence-corrected chi connectivity index (χ1v) is 10.8. The Labute approximate surface area is 195 Å². The molecule has 3 amide bonds. The molecule has 0 saturated carbocycles. The lowest BCUT2D eigenvalue weighted by atomic mass is 10.1. The van der Waals surface area contributed by atoms with E-state index in [4.69, 9.17) is 17.3 Å². The fourth-order valence-electron chi connectivity index (χ4n) is 3.56. The molecule has 9 heteroatoms. The number of rotatable bonds is 5. The number of amides is 3. The Hall–Kier alpha value is -3.91. The van der Waals surface area contributed by atoms with Crippen molar-refractivity contribution in [1.82, 2.24) is 4.98 Å². The van der Waals surface area contributed by atoms with Gasteiger partial charge in [0.15, 0.2) is 0 Å². The van der Waals surface area contributed by atoms with Crippen LogP contribution in [0.1, 0.15) is 40.0 Å². The molecule has 0 bridgehead atoms. The number of anilines is 4. The second kappa shape index (κ2) is 9.70. The summed E-state index contributed by atoms with van der Waals surface area (Å²) < 4.78 is 0. The van der Waals surface area contributed by atoms with Crippen LogP contribution in [0.15, 0.2) is 60.8 Å². The van der Waals surface area contributed by atoms with E-state index in [9.17, 15) is 14.4 Å². The highest BCUT2D eigenvalue weighted by Gasteiger charge is 2.20. The van der Waals surface area contributed by atoms with E-state index in [1.165, 1.54) is 12.3 Å². The summed E-state index contributed by atoms with van der Waals surface area (Å²) in [5.74, 6) is -0.473. The first kappa shape index (κ1) is 22.3. The van der Waals surface area contributed by atoms with E-state index in [1.54, 1.807) is 53.4 Å². The third-order valence-corrected chi connectivity index (χ3v) is 5.49. The fourth-order valence-corrected chi connectivity index (χ4v) is 3.67. The predicted molar refractivity (Wildman–Crippen MR) is 129 cm³/mol. The minimum absolute atomic E-state index is 0.0890. The number of carbonyl (C=O) groups is 3. The Kier molecular flexibility index (Phi) is 6.55. The highest BCUT2D eigenvalue weighted by atomic mass is 35.5. The molecular weight excluding hydrogens is 442 g/mol. The smallest absolute Gasteiger partial charge is 0.259 e. The molecule has 33 heavy (non-hydrogen) atoms. The molecule has 0 radical (unpaired) electrons. The van der Waals surface area contributed by atoms with Gasteiger partial charge in [-0.1, -0.05) is 11.6 Å². The number of carbonyl (C=O) groups excluding carboxylic acids is 3. The van der Waals surface area contributed by atoms with Crippen molar-refractivity contribution < 1.29 is 14.4 Å². The Morgan fingerprint density at radius 3 is 2.45 bits per heavy atom. The minimum Gasteiger partial charge on any atom is -0.399 e. The van der Waals surface area contributed by atoms with Gasteiger partial charge < -0.3 is 21.3 Å². The number of piperidine rings is 1. The molecule has 2 aromatic carbocycles. The molecule has 0 spiro atoms. The van der Waals surface area contributed by atoms with E-state index in [0.29, 0.717) is 40.7 Å². The van der Waals surface area contributed by atoms with E-state index >= 15 is 0 Å². The van der Waals surface area contributed by atoms with E-state index in [1.807, 2.05) is 0 Å². The number of halogens is 1. The summed E-state index contributed by atoms with van der Waals surface area (Å²) in [6.45, 7) is 0.677. The zero-order valence-corrected chi connectivity index (χ0v) is 18.4. The van der Waals surface area contributed by atoms with Gasteiger partial charge in [0.05, 0.1) is 16.3 Å². The van der Waals surface area contributed by atoms with Crippen LogP contribution in [0.5, 0.6) is 0 Å². The van der Waals surface area contributed by atoms with Crippen molar-refractivity contribution in [3.05, 3.63) is 76.9 Å². The molecule has 1 aromatic heterocycles. The van der Waals surface area contributed by atoms with Crippen molar-refractivity contribution in [3.8, 4) is 0 Å². The van der Waals surface area contributed by atoms with Gasteiger partial charge in [-0.2, -0.15) is 0 Å². The lowest BCUT2D eigenvalue weighted by Gasteiger charge is -2.26. The molecular formula is C24H22ClN5O3. The highest BCUT2D eigenvalue weighted by Crippen LogP contribution is 2.24. The van der Waals surface area contributed by atoms with Gasteiger partial charge >= 0.3 is 0 Å². The summed E-state index contributed by atoms with van der Waals surface area (Å²) in [5, 5.41) is 5.87. The van der Waals surface area contributed by atoms with Gasteiger partial charge in [-0.3, -0.25) is 14.4 Å². The summed E-state index contributed by atoms with van der Waals surface area (Å²) in [5.41, 5.74) is 7.88. The average molecular weight is 464 g/mol. The molecule has 8 nitrogen and oxygen atoms in total. The maximum absolute atomic E-state index is 12.8. The van der Waals surface area contributed by atoms with Crippen LogP contribution in [0, 0.1) is 0 Å². The van der Waals surface area contributed by atoms with E-state index < -0.39 is 11.8 Å². The fraction of sp³-hybridized carbons (Fsp3) is 0.167. The number of nitrogen functional groups attached to an aromatic ring is 1. The second-order valence-electron chi connectivity index (χ2n) is 7.62. The Bertz CT molecular complexity index is 1200. The zero-order chi connectivity index (χ0) is 23.4. The summed E-state index contributed by atoms with van der Waals surface area (Å²) in [4.78, 5) is 43.6. The molecule has 0 atom stereocenters. The number of nitrogens with two attached hydrogens (primary N) is 1. The summed E-state index contributed by atoms with van der Waals surface area (Å²) in [6.07, 6.45) is 3.82. The molecule has 0 aliphatic carbocycles. The molecule has 0 unspecified atom stereocenters. The number of nitrogens with one attached hydrogen (secondary N) is 2. The van der Waals surface area contributed by atoms with E-state index in [-0.39, 0.29) is 11.5 Å². The number of hydrogen-bond donors (Lipinski definition) is 3. The van der Waals surface area contributed by atoms with Crippen molar-refractivity contribution in [2.75, 3.05) is 27.8 Å². The molecule has 4 rings (SSSR count). The molecule has 1 fully saturated rings. The van der Waals surface area contributed by atoms with Crippen LogP contribution < -0.4 is 21.3 Å². The lowest BCUT2D eigenvalue weighted by Crippen LogP contribution is -2.35. The van der Waals surface area contributed by atoms with Crippen LogP contribution >= 0.6 is 11.6 Å². The first-order valence-electron chi connectivity index (χ1n) is 10.4. The quantitative estimate of drug-likeness (QED) is 0.486. The minimum atomic E-state index is -0.480. The van der Waals surface area contributed by atoms with Gasteiger partial charge in [-0.05, 0) is 67.4 Å². The first-order chi connectivity index (χ1) is 15.9. The van der Waals surface area contributed by atoms with Crippen LogP contribution in [0.25, 0.3) is 0 Å². The Balaban J connectivity index is 1.50. The van der Waals surface area contributed by atoms with Gasteiger partial charge in [0, 0.05) is 36.1 Å². The van der Waals surface area contributed by atoms with Crippen molar-refractivity contribution in [2.24, 2.45) is 0 Å². The topological polar surface area (TPSA) is 117 Å². The normalized spacial score (nSPS) is 13.5. The molecule has 2 heterocycles. The third kappa shape index (κ3) is 5.30. The summed E-state index contributed by atoms with van der Waals surface area (Å²) in [7, 11) is 0. The van der Waals surface area contributed by atoms with Crippen LogP contribution in [-0.4, -0.2) is 29.3 Å². The molecule has 1 aliphatic heterocycles. The van der Waals surface area contributed by atoms with Gasteiger partial charge in [-0.15, -0.1) is 0 Å². The van der Waals surface area contributed by atoms with Gasteiger partial charge in [0.1, 0.15) is 5.82 Å². The van der Waals surface area contributed by atoms with Crippen LogP contribution in [0.4, 0.5) is 22.9 Å². The summed E-state index contributed by atoms with van der Waals surface area (Å²) >= 11 is 5.83. The second-order valence-corrected chi connectivity index (χ2v) is 8.06. The Morgan fingerprint density at radius 2 is 1.76 bits per heavy atom. The Morgan fingerprint density at radius 1 is 0.970 bits per heavy atom. The van der Waals surface area contributed by atoms with Crippen LogP contribution in [0.2, 0.25) is 5.02 Å². The van der Waals surface area contributed by atoms with Crippen LogP contribution in [0.3, 0.4) is 0 Å². The average Bonchev–Trinajstić information content (AvgIpc) is 2.82. The maximum Gasteiger partial charge on any atom is 0.259 e. The van der Waals surface area contributed by atoms with Gasteiger partial charge in [0.2, 0.25) is 5.91 Å². The molecule has 1 saturated heterocycles. The van der Waals surface area contributed by atoms with Crippen LogP contribution in [-0.2, 0) is 4.79 Å². The SMILES string of the molecule is Nc1ccc(NC(=O)c2ccc(N3CCCCC3=O)cc2)c(C(=O)Nc2ccc(Cl)cn2)c1. The van der Waals surface area contributed by atoms with Crippen molar-refractivity contribution in [3.63, 3.8) is 0 Å². The highest BCUT2D eigenvalue weighted by molar-refractivity contribution is 6.30. The monoisotopic (exact) mass is 463 g/mol. The number of nitrogens with zero attached hydrogens (tertiary/aromatic N) is 2. The maximum atomic E-state index is 12.8. The standard InChI is InChI=1S/C24H22ClN5O3/c25-16-6-11-21(27-14-16)29-24(33)19-13-17(26)7-10-20(19)28-23(32)15-4-8-18(9-5-15)30-12-2-1-3-22(30)31/h4-11,13-14H,1-3,12,26H2,(H,28,32)(H,27,29,33). The summed E-state index contributed by atoms with van der Waals surface area (Å²) in [6, 6.07) is 14.6. The number of hydrogen-bond acceptors (Lipinski definition) is 5. The largest absolute Gasteiger partial charge is 0.399 e. The predicted octanol–water partition coefficient (Wildman–Crippen LogP) is 4.34. The van der Waals surface area contributed by atoms with Crippen molar-refractivity contribution in [2.45, 2.75) is 19.3 Å². The molecule has 3 aromatic rings. The molecule has 168 valence electrons. The molecule has 1 aliphatic rings. The lowest BCUT2D eigenvalue weighted by molar-refractivity contribution is -0.119. The molecule has 4 N–H and O–H groups in total. The van der Waals surface area contributed by atoms with E-state index in [2.05, 4.69) is 15.6 Å². The number of benzene rings is 2. The van der Waals surface area contributed by atoms with Crippen molar-refractivity contribution in [1.29, 1.82) is 0 Å². The number of aromatic nitrogens is 1. The van der Waals surface area contributed by atoms with Gasteiger partial charge in [-0.25, -0.2) is 4.98 Å². The number of pyridine rings is 1. The van der Waals surface area contributed by atoms with E-state index in [0.717, 1.165) is 18.5 Å². The third-order valence-electron chi connectivity index (χ3n) is 5.27. The van der Waals surface area contributed by atoms with Crippen molar-refractivity contribution >= 4 is 52.2 Å². The van der Waals surface area contributed by atoms with Gasteiger partial charge in [0.25, 0.3) is 11.8 Å². The zero-order valence-electron chi connectivity index (χ0n) is 17.7.